The van der Waals surface area contributed by atoms with Gasteiger partial charge in [0, 0.05) is 26.3 Å². The third-order valence-electron chi connectivity index (χ3n) is 2.64. The van der Waals surface area contributed by atoms with Crippen LogP contribution in [0.1, 0.15) is 37.9 Å². The smallest absolute Gasteiger partial charge is 0.128 e. The summed E-state index contributed by atoms with van der Waals surface area (Å²) in [4.78, 5) is 6.72. The molecule has 1 rings (SSSR count). The van der Waals surface area contributed by atoms with Crippen LogP contribution in [0.15, 0.2) is 12.1 Å². The highest BCUT2D eigenvalue weighted by Gasteiger charge is 2.04. The van der Waals surface area contributed by atoms with Gasteiger partial charge in [0.15, 0.2) is 0 Å². The molecule has 1 N–H and O–H groups in total. The summed E-state index contributed by atoms with van der Waals surface area (Å²) in [7, 11) is 4.09. The molecule has 17 heavy (non-hydrogen) atoms. The van der Waals surface area contributed by atoms with Gasteiger partial charge < -0.3 is 10.2 Å². The molecule has 0 bridgehead atoms. The Kier molecular flexibility index (Phi) is 5.98. The average Bonchev–Trinajstić information content (AvgIpc) is 2.29. The molecule has 0 fully saturated rings. The molecule has 0 saturated heterocycles. The maximum atomic E-state index is 4.65. The predicted octanol–water partition coefficient (Wildman–Crippen LogP) is 2.60. The lowest BCUT2D eigenvalue weighted by Gasteiger charge is -2.15. The van der Waals surface area contributed by atoms with Gasteiger partial charge in [-0.25, -0.2) is 4.98 Å². The average molecular weight is 235 g/mol. The van der Waals surface area contributed by atoms with Gasteiger partial charge in [-0.2, -0.15) is 0 Å². The van der Waals surface area contributed by atoms with Gasteiger partial charge in [0.1, 0.15) is 5.82 Å². The van der Waals surface area contributed by atoms with Gasteiger partial charge >= 0.3 is 0 Å². The van der Waals surface area contributed by atoms with Gasteiger partial charge in [0.25, 0.3) is 0 Å². The van der Waals surface area contributed by atoms with Crippen molar-refractivity contribution in [3.8, 4) is 0 Å². The molecule has 1 heterocycles. The van der Waals surface area contributed by atoms with Gasteiger partial charge in [-0.05, 0) is 37.1 Å². The van der Waals surface area contributed by atoms with E-state index >= 15 is 0 Å². The maximum absolute atomic E-state index is 4.65. The molecule has 0 aliphatic heterocycles. The molecule has 0 saturated carbocycles. The highest BCUT2D eigenvalue weighted by Crippen LogP contribution is 2.14. The summed E-state index contributed by atoms with van der Waals surface area (Å²) < 4.78 is 0. The first-order valence-electron chi connectivity index (χ1n) is 6.55. The van der Waals surface area contributed by atoms with E-state index in [0.717, 1.165) is 31.7 Å². The summed E-state index contributed by atoms with van der Waals surface area (Å²) in [6.45, 7) is 6.39. The lowest BCUT2D eigenvalue weighted by atomic mass is 10.1. The second kappa shape index (κ2) is 7.28. The Hall–Kier alpha value is -1.09. The van der Waals surface area contributed by atoms with Crippen molar-refractivity contribution in [2.75, 3.05) is 25.5 Å². The molecule has 0 radical (unpaired) electrons. The summed E-state index contributed by atoms with van der Waals surface area (Å²) >= 11 is 0. The van der Waals surface area contributed by atoms with E-state index in [-0.39, 0.29) is 0 Å². The Bertz CT molecular complexity index is 334. The lowest BCUT2D eigenvalue weighted by molar-refractivity contribution is 0.673. The van der Waals surface area contributed by atoms with E-state index in [1.54, 1.807) is 0 Å². The van der Waals surface area contributed by atoms with E-state index in [2.05, 4.69) is 41.2 Å². The van der Waals surface area contributed by atoms with Crippen molar-refractivity contribution in [3.05, 3.63) is 23.4 Å². The van der Waals surface area contributed by atoms with Crippen LogP contribution in [0.25, 0.3) is 0 Å². The van der Waals surface area contributed by atoms with Crippen molar-refractivity contribution in [2.45, 2.75) is 39.7 Å². The van der Waals surface area contributed by atoms with E-state index in [4.69, 9.17) is 0 Å². The molecule has 3 nitrogen and oxygen atoms in total. The molecule has 1 aromatic rings. The first-order chi connectivity index (χ1) is 8.17. The highest BCUT2D eigenvalue weighted by atomic mass is 15.1. The molecule has 96 valence electrons. The molecule has 1 aromatic heterocycles. The Balaban J connectivity index is 2.79. The fraction of sp³-hybridized carbons (Fsp3) is 0.643. The van der Waals surface area contributed by atoms with Crippen LogP contribution in [0.2, 0.25) is 0 Å². The predicted molar refractivity (Wildman–Crippen MR) is 74.6 cm³/mol. The van der Waals surface area contributed by atoms with Gasteiger partial charge in [-0.3, -0.25) is 0 Å². The normalized spacial score (nSPS) is 10.6. The van der Waals surface area contributed by atoms with Gasteiger partial charge in [-0.15, -0.1) is 0 Å². The van der Waals surface area contributed by atoms with Crippen LogP contribution in [0.5, 0.6) is 0 Å². The zero-order chi connectivity index (χ0) is 12.7. The molecule has 0 amide bonds. The summed E-state index contributed by atoms with van der Waals surface area (Å²) in [6, 6.07) is 4.39. The molecule has 0 unspecified atom stereocenters. The van der Waals surface area contributed by atoms with Gasteiger partial charge in [-0.1, -0.05) is 20.3 Å². The van der Waals surface area contributed by atoms with Crippen LogP contribution in [0.3, 0.4) is 0 Å². The Morgan fingerprint density at radius 1 is 1.18 bits per heavy atom. The number of rotatable bonds is 7. The number of anilines is 1. The number of aromatic nitrogens is 1. The maximum Gasteiger partial charge on any atom is 0.128 e. The van der Waals surface area contributed by atoms with Crippen LogP contribution in [0.4, 0.5) is 5.82 Å². The molecular weight excluding hydrogens is 210 g/mol. The van der Waals surface area contributed by atoms with Crippen LogP contribution in [-0.4, -0.2) is 25.6 Å². The lowest BCUT2D eigenvalue weighted by Crippen LogP contribution is -2.16. The van der Waals surface area contributed by atoms with E-state index in [0.29, 0.717) is 0 Å². The highest BCUT2D eigenvalue weighted by molar-refractivity contribution is 5.41. The van der Waals surface area contributed by atoms with Crippen molar-refractivity contribution >= 4 is 5.82 Å². The van der Waals surface area contributed by atoms with E-state index in [1.807, 2.05) is 14.1 Å². The number of hydrogen-bond donors (Lipinski definition) is 1. The van der Waals surface area contributed by atoms with Gasteiger partial charge in [0.05, 0.1) is 0 Å². The zero-order valence-electron chi connectivity index (χ0n) is 11.6. The van der Waals surface area contributed by atoms with Gasteiger partial charge in [0.2, 0.25) is 0 Å². The molecule has 0 aliphatic rings. The van der Waals surface area contributed by atoms with Crippen LogP contribution in [-0.2, 0) is 13.0 Å². The minimum atomic E-state index is 0.938. The summed E-state index contributed by atoms with van der Waals surface area (Å²) in [5, 5.41) is 3.44. The van der Waals surface area contributed by atoms with E-state index < -0.39 is 0 Å². The fourth-order valence-electron chi connectivity index (χ4n) is 1.76. The second-order valence-corrected chi connectivity index (χ2v) is 4.65. The largest absolute Gasteiger partial charge is 0.363 e. The second-order valence-electron chi connectivity index (χ2n) is 4.65. The van der Waals surface area contributed by atoms with Crippen LogP contribution in [0, 0.1) is 0 Å². The Morgan fingerprint density at radius 2 is 1.94 bits per heavy atom. The van der Waals surface area contributed by atoms with Crippen LogP contribution < -0.4 is 10.2 Å². The van der Waals surface area contributed by atoms with Crippen molar-refractivity contribution in [1.82, 2.24) is 10.3 Å². The first-order valence-corrected chi connectivity index (χ1v) is 6.55. The van der Waals surface area contributed by atoms with E-state index in [1.165, 1.54) is 17.7 Å². The molecule has 0 spiro atoms. The minimum absolute atomic E-state index is 0.938. The molecule has 0 aliphatic carbocycles. The molecular formula is C14H25N3. The molecule has 3 heteroatoms. The van der Waals surface area contributed by atoms with Crippen LogP contribution >= 0.6 is 0 Å². The number of nitrogens with zero attached hydrogens (tertiary/aromatic N) is 2. The summed E-state index contributed by atoms with van der Waals surface area (Å²) in [5.41, 5.74) is 2.53. The zero-order valence-corrected chi connectivity index (χ0v) is 11.6. The van der Waals surface area contributed by atoms with Crippen molar-refractivity contribution in [1.29, 1.82) is 0 Å². The SMILES string of the molecule is CCCNCc1cc(CCC)nc(N(C)C)c1. The van der Waals surface area contributed by atoms with Crippen molar-refractivity contribution in [2.24, 2.45) is 0 Å². The van der Waals surface area contributed by atoms with E-state index in [9.17, 15) is 0 Å². The molecule has 0 aromatic carbocycles. The number of hydrogen-bond acceptors (Lipinski definition) is 3. The third-order valence-corrected chi connectivity index (χ3v) is 2.64. The quantitative estimate of drug-likeness (QED) is 0.736. The first kappa shape index (κ1) is 14.0. The number of pyridine rings is 1. The topological polar surface area (TPSA) is 28.2 Å². The Labute approximate surface area is 105 Å². The summed E-state index contributed by atoms with van der Waals surface area (Å²) in [6.07, 6.45) is 3.38. The van der Waals surface area contributed by atoms with Crippen molar-refractivity contribution < 1.29 is 0 Å². The monoisotopic (exact) mass is 235 g/mol. The van der Waals surface area contributed by atoms with Crippen molar-refractivity contribution in [3.63, 3.8) is 0 Å². The summed E-state index contributed by atoms with van der Waals surface area (Å²) in [5.74, 6) is 1.06. The molecule has 0 atom stereocenters. The Morgan fingerprint density at radius 3 is 2.53 bits per heavy atom. The standard InChI is InChI=1S/C14H25N3/c1-5-7-13-9-12(11-15-8-6-2)10-14(16-13)17(3)4/h9-10,15H,5-8,11H2,1-4H3. The minimum Gasteiger partial charge on any atom is -0.363 e. The fourth-order valence-corrected chi connectivity index (χ4v) is 1.76. The third kappa shape index (κ3) is 4.73. The number of aryl methyl sites for hydroxylation is 1. The number of nitrogens with one attached hydrogen (secondary N) is 1.